The van der Waals surface area contributed by atoms with E-state index in [1.54, 1.807) is 0 Å². The lowest BCUT2D eigenvalue weighted by Gasteiger charge is -2.33. The molecule has 5 nitrogen and oxygen atoms in total. The van der Waals surface area contributed by atoms with Crippen molar-refractivity contribution >= 4 is 29.9 Å². The molecule has 1 unspecified atom stereocenters. The summed E-state index contributed by atoms with van der Waals surface area (Å²) in [5, 5.41) is 3.36. The van der Waals surface area contributed by atoms with Gasteiger partial charge in [0.05, 0.1) is 12.7 Å². The van der Waals surface area contributed by atoms with Crippen molar-refractivity contribution in [2.75, 3.05) is 20.1 Å². The normalized spacial score (nSPS) is 19.8. The van der Waals surface area contributed by atoms with Gasteiger partial charge in [0.1, 0.15) is 5.76 Å². The van der Waals surface area contributed by atoms with Gasteiger partial charge in [-0.15, -0.1) is 24.0 Å². The number of aliphatic imine (C=N–C) groups is 1. The Kier molecular flexibility index (Phi) is 7.15. The molecule has 1 saturated heterocycles. The second-order valence-corrected chi connectivity index (χ2v) is 6.96. The van der Waals surface area contributed by atoms with Crippen LogP contribution >= 0.6 is 24.0 Å². The van der Waals surface area contributed by atoms with Crippen LogP contribution in [0.5, 0.6) is 0 Å². The molecule has 6 heteroatoms. The molecular weight excluding hydrogens is 391 g/mol. The number of aromatic nitrogens is 1. The fraction of sp³-hybridized carbons (Fsp3) is 0.750. The van der Waals surface area contributed by atoms with Crippen LogP contribution in [0.4, 0.5) is 0 Å². The smallest absolute Gasteiger partial charge is 0.213 e. The number of hydrogen-bond acceptors (Lipinski definition) is 3. The second-order valence-electron chi connectivity index (χ2n) is 6.96. The Morgan fingerprint density at radius 3 is 2.77 bits per heavy atom. The summed E-state index contributed by atoms with van der Waals surface area (Å²) < 4.78 is 5.80. The van der Waals surface area contributed by atoms with Crippen molar-refractivity contribution in [3.63, 3.8) is 0 Å². The standard InChI is InChI=1S/C16H28N4O.HI/c1-12-7-6-8-20(11-12)15(17-5)19-10-14-18-9-13(21-14)16(2,3)4;/h9,12H,6-8,10-11H2,1-5H3,(H,17,19);1H. The predicted molar refractivity (Wildman–Crippen MR) is 101 cm³/mol. The van der Waals surface area contributed by atoms with Crippen molar-refractivity contribution in [3.05, 3.63) is 17.8 Å². The van der Waals surface area contributed by atoms with E-state index in [-0.39, 0.29) is 29.4 Å². The summed E-state index contributed by atoms with van der Waals surface area (Å²) in [7, 11) is 1.83. The van der Waals surface area contributed by atoms with Crippen LogP contribution in [0.25, 0.3) is 0 Å². The largest absolute Gasteiger partial charge is 0.443 e. The number of hydrogen-bond donors (Lipinski definition) is 1. The molecule has 1 aliphatic heterocycles. The zero-order valence-electron chi connectivity index (χ0n) is 14.3. The highest BCUT2D eigenvalue weighted by molar-refractivity contribution is 14.0. The Morgan fingerprint density at radius 1 is 1.50 bits per heavy atom. The van der Waals surface area contributed by atoms with Crippen LogP contribution in [0.1, 0.15) is 52.2 Å². The second kappa shape index (κ2) is 8.17. The van der Waals surface area contributed by atoms with E-state index in [4.69, 9.17) is 4.42 Å². The SMILES string of the molecule is CN=C(NCc1ncc(C(C)(C)C)o1)N1CCCC(C)C1.I. The number of rotatable bonds is 2. The van der Waals surface area contributed by atoms with Crippen molar-refractivity contribution in [3.8, 4) is 0 Å². The molecule has 1 atom stereocenters. The molecular formula is C16H29IN4O. The highest BCUT2D eigenvalue weighted by Crippen LogP contribution is 2.22. The predicted octanol–water partition coefficient (Wildman–Crippen LogP) is 3.40. The minimum atomic E-state index is -0.00473. The first-order valence-electron chi connectivity index (χ1n) is 7.81. The van der Waals surface area contributed by atoms with Gasteiger partial charge in [-0.3, -0.25) is 4.99 Å². The molecule has 0 bridgehead atoms. The Morgan fingerprint density at radius 2 is 2.23 bits per heavy atom. The van der Waals surface area contributed by atoms with Gasteiger partial charge < -0.3 is 14.6 Å². The van der Waals surface area contributed by atoms with Crippen LogP contribution in [0.2, 0.25) is 0 Å². The summed E-state index contributed by atoms with van der Waals surface area (Å²) in [6.45, 7) is 11.4. The Bertz CT molecular complexity index is 493. The van der Waals surface area contributed by atoms with Crippen LogP contribution in [0.15, 0.2) is 15.6 Å². The summed E-state index contributed by atoms with van der Waals surface area (Å²) >= 11 is 0. The molecule has 1 aromatic rings. The summed E-state index contributed by atoms with van der Waals surface area (Å²) in [6, 6.07) is 0. The van der Waals surface area contributed by atoms with E-state index in [0.29, 0.717) is 12.4 Å². The monoisotopic (exact) mass is 420 g/mol. The van der Waals surface area contributed by atoms with Gasteiger partial charge in [-0.2, -0.15) is 0 Å². The summed E-state index contributed by atoms with van der Waals surface area (Å²) in [4.78, 5) is 11.0. The molecule has 1 N–H and O–H groups in total. The van der Waals surface area contributed by atoms with Crippen LogP contribution < -0.4 is 5.32 Å². The van der Waals surface area contributed by atoms with Gasteiger partial charge >= 0.3 is 0 Å². The topological polar surface area (TPSA) is 53.7 Å². The maximum absolute atomic E-state index is 5.80. The maximum atomic E-state index is 5.80. The molecule has 0 saturated carbocycles. The van der Waals surface area contributed by atoms with Gasteiger partial charge in [-0.1, -0.05) is 27.7 Å². The molecule has 1 fully saturated rings. The van der Waals surface area contributed by atoms with E-state index in [1.807, 2.05) is 13.2 Å². The number of likely N-dealkylation sites (tertiary alicyclic amines) is 1. The Labute approximate surface area is 151 Å². The number of guanidine groups is 1. The van der Waals surface area contributed by atoms with Crippen molar-refractivity contribution in [2.45, 2.75) is 52.5 Å². The molecule has 0 amide bonds. The van der Waals surface area contributed by atoms with Crippen molar-refractivity contribution < 1.29 is 4.42 Å². The summed E-state index contributed by atoms with van der Waals surface area (Å²) in [6.07, 6.45) is 4.36. The number of oxazole rings is 1. The molecule has 0 spiro atoms. The van der Waals surface area contributed by atoms with E-state index in [2.05, 4.69) is 47.9 Å². The van der Waals surface area contributed by atoms with Gasteiger partial charge in [-0.05, 0) is 18.8 Å². The van der Waals surface area contributed by atoms with Crippen LogP contribution in [-0.4, -0.2) is 36.0 Å². The van der Waals surface area contributed by atoms with Gasteiger partial charge in [0.2, 0.25) is 5.89 Å². The third-order valence-electron chi connectivity index (χ3n) is 3.86. The number of piperidine rings is 1. The minimum absolute atomic E-state index is 0. The molecule has 1 aromatic heterocycles. The Hall–Kier alpha value is -0.790. The molecule has 2 heterocycles. The first-order valence-corrected chi connectivity index (χ1v) is 7.81. The summed E-state index contributed by atoms with van der Waals surface area (Å²) in [5.74, 6) is 3.30. The average molecular weight is 420 g/mol. The zero-order chi connectivity index (χ0) is 15.5. The van der Waals surface area contributed by atoms with Gasteiger partial charge in [0.15, 0.2) is 5.96 Å². The first-order chi connectivity index (χ1) is 9.90. The van der Waals surface area contributed by atoms with Crippen molar-refractivity contribution in [2.24, 2.45) is 10.9 Å². The highest BCUT2D eigenvalue weighted by Gasteiger charge is 2.21. The van der Waals surface area contributed by atoms with E-state index >= 15 is 0 Å². The quantitative estimate of drug-likeness (QED) is 0.453. The lowest BCUT2D eigenvalue weighted by atomic mass is 9.94. The van der Waals surface area contributed by atoms with Crippen molar-refractivity contribution in [1.82, 2.24) is 15.2 Å². The summed E-state index contributed by atoms with van der Waals surface area (Å²) in [5.41, 5.74) is -0.00473. The van der Waals surface area contributed by atoms with Crippen LogP contribution in [0.3, 0.4) is 0 Å². The fourth-order valence-electron chi connectivity index (χ4n) is 2.61. The van der Waals surface area contributed by atoms with Gasteiger partial charge in [-0.25, -0.2) is 4.98 Å². The van der Waals surface area contributed by atoms with Crippen molar-refractivity contribution in [1.29, 1.82) is 0 Å². The lowest BCUT2D eigenvalue weighted by Crippen LogP contribution is -2.45. The van der Waals surface area contributed by atoms with Crippen LogP contribution in [0, 0.1) is 5.92 Å². The molecule has 0 aromatic carbocycles. The van der Waals surface area contributed by atoms with Gasteiger partial charge in [0, 0.05) is 25.6 Å². The maximum Gasteiger partial charge on any atom is 0.213 e. The number of halogens is 1. The highest BCUT2D eigenvalue weighted by atomic mass is 127. The number of nitrogens with one attached hydrogen (secondary N) is 1. The van der Waals surface area contributed by atoms with E-state index < -0.39 is 0 Å². The molecule has 2 rings (SSSR count). The van der Waals surface area contributed by atoms with E-state index in [0.717, 1.165) is 30.7 Å². The third kappa shape index (κ3) is 5.14. The van der Waals surface area contributed by atoms with Crippen LogP contribution in [-0.2, 0) is 12.0 Å². The van der Waals surface area contributed by atoms with E-state index in [1.165, 1.54) is 12.8 Å². The first kappa shape index (κ1) is 19.3. The lowest BCUT2D eigenvalue weighted by molar-refractivity contribution is 0.265. The molecule has 22 heavy (non-hydrogen) atoms. The zero-order valence-corrected chi connectivity index (χ0v) is 16.7. The molecule has 0 aliphatic carbocycles. The number of nitrogens with zero attached hydrogens (tertiary/aromatic N) is 3. The molecule has 1 aliphatic rings. The third-order valence-corrected chi connectivity index (χ3v) is 3.86. The molecule has 126 valence electrons. The van der Waals surface area contributed by atoms with E-state index in [9.17, 15) is 0 Å². The minimum Gasteiger partial charge on any atom is -0.443 e. The van der Waals surface area contributed by atoms with Gasteiger partial charge in [0.25, 0.3) is 0 Å². The fourth-order valence-corrected chi connectivity index (χ4v) is 2.61. The average Bonchev–Trinajstić information content (AvgIpc) is 2.88. The Balaban J connectivity index is 0.00000242. The molecule has 0 radical (unpaired) electrons.